The Kier molecular flexibility index (Phi) is 4.62. The third kappa shape index (κ3) is 3.47. The van der Waals surface area contributed by atoms with Crippen molar-refractivity contribution in [1.82, 2.24) is 4.90 Å². The van der Waals surface area contributed by atoms with Crippen molar-refractivity contribution in [1.29, 1.82) is 5.26 Å². The first-order chi connectivity index (χ1) is 8.71. The number of rotatable bonds is 3. The molecular formula is C14H18BrN3. The lowest BCUT2D eigenvalue weighted by molar-refractivity contribution is 0.229. The van der Waals surface area contributed by atoms with E-state index in [-0.39, 0.29) is 0 Å². The van der Waals surface area contributed by atoms with Crippen LogP contribution >= 0.6 is 15.9 Å². The van der Waals surface area contributed by atoms with Crippen molar-refractivity contribution in [2.75, 3.05) is 25.0 Å². The second-order valence-electron chi connectivity index (χ2n) is 4.69. The van der Waals surface area contributed by atoms with Crippen LogP contribution < -0.4 is 5.32 Å². The molecule has 0 unspecified atom stereocenters. The van der Waals surface area contributed by atoms with Gasteiger partial charge in [0.05, 0.1) is 11.6 Å². The van der Waals surface area contributed by atoms with Crippen LogP contribution in [0.15, 0.2) is 22.7 Å². The lowest BCUT2D eigenvalue weighted by atomic mass is 10.0. The minimum atomic E-state index is 0.522. The predicted molar refractivity (Wildman–Crippen MR) is 77.6 cm³/mol. The second kappa shape index (κ2) is 6.21. The van der Waals surface area contributed by atoms with Gasteiger partial charge in [-0.2, -0.15) is 5.26 Å². The Morgan fingerprint density at radius 1 is 1.39 bits per heavy atom. The van der Waals surface area contributed by atoms with Crippen molar-refractivity contribution in [2.45, 2.75) is 25.8 Å². The molecule has 1 aromatic rings. The highest BCUT2D eigenvalue weighted by molar-refractivity contribution is 9.10. The second-order valence-corrected chi connectivity index (χ2v) is 5.61. The van der Waals surface area contributed by atoms with Crippen molar-refractivity contribution in [3.63, 3.8) is 0 Å². The van der Waals surface area contributed by atoms with E-state index in [4.69, 9.17) is 5.26 Å². The molecule has 96 valence electrons. The number of benzene rings is 1. The van der Waals surface area contributed by atoms with Crippen LogP contribution in [0.5, 0.6) is 0 Å². The highest BCUT2D eigenvalue weighted by atomic mass is 79.9. The number of anilines is 1. The van der Waals surface area contributed by atoms with E-state index in [0.29, 0.717) is 11.6 Å². The van der Waals surface area contributed by atoms with E-state index in [1.54, 1.807) is 0 Å². The van der Waals surface area contributed by atoms with E-state index in [1.807, 2.05) is 18.2 Å². The summed E-state index contributed by atoms with van der Waals surface area (Å²) in [6.45, 7) is 5.67. The number of nitrogens with one attached hydrogen (secondary N) is 1. The highest BCUT2D eigenvalue weighted by Crippen LogP contribution is 2.22. The normalized spacial score (nSPS) is 17.4. The van der Waals surface area contributed by atoms with Crippen molar-refractivity contribution < 1.29 is 0 Å². The van der Waals surface area contributed by atoms with Gasteiger partial charge >= 0.3 is 0 Å². The molecule has 1 fully saturated rings. The highest BCUT2D eigenvalue weighted by Gasteiger charge is 2.17. The molecular weight excluding hydrogens is 290 g/mol. The lowest BCUT2D eigenvalue weighted by Gasteiger charge is -2.32. The molecule has 2 rings (SSSR count). The lowest BCUT2D eigenvalue weighted by Crippen LogP contribution is -2.38. The van der Waals surface area contributed by atoms with Crippen molar-refractivity contribution >= 4 is 21.6 Å². The Labute approximate surface area is 117 Å². The summed E-state index contributed by atoms with van der Waals surface area (Å²) in [5.74, 6) is 0. The zero-order chi connectivity index (χ0) is 13.0. The molecule has 1 aliphatic rings. The van der Waals surface area contributed by atoms with Gasteiger partial charge in [-0.1, -0.05) is 22.9 Å². The SMILES string of the molecule is CCN1CCC(Nc2cc(Br)cc(C#N)c2)CC1. The third-order valence-corrected chi connectivity index (χ3v) is 3.89. The van der Waals surface area contributed by atoms with E-state index >= 15 is 0 Å². The van der Waals surface area contributed by atoms with Crippen LogP contribution in [-0.2, 0) is 0 Å². The van der Waals surface area contributed by atoms with Gasteiger partial charge < -0.3 is 10.2 Å². The van der Waals surface area contributed by atoms with Crippen molar-refractivity contribution in [3.05, 3.63) is 28.2 Å². The monoisotopic (exact) mass is 307 g/mol. The first kappa shape index (κ1) is 13.4. The molecule has 4 heteroatoms. The van der Waals surface area contributed by atoms with E-state index in [1.165, 1.54) is 12.8 Å². The molecule has 1 heterocycles. The number of halogens is 1. The summed E-state index contributed by atoms with van der Waals surface area (Å²) < 4.78 is 0.954. The molecule has 1 aliphatic heterocycles. The molecule has 0 bridgehead atoms. The zero-order valence-corrected chi connectivity index (χ0v) is 12.2. The minimum Gasteiger partial charge on any atom is -0.382 e. The Balaban J connectivity index is 1.98. The van der Waals surface area contributed by atoms with E-state index in [9.17, 15) is 0 Å². The summed E-state index contributed by atoms with van der Waals surface area (Å²) in [6, 6.07) is 8.49. The smallest absolute Gasteiger partial charge is 0.0992 e. The zero-order valence-electron chi connectivity index (χ0n) is 10.6. The van der Waals surface area contributed by atoms with E-state index in [2.05, 4.69) is 39.1 Å². The van der Waals surface area contributed by atoms with Crippen LogP contribution in [0.3, 0.4) is 0 Å². The molecule has 1 saturated heterocycles. The van der Waals surface area contributed by atoms with Crippen molar-refractivity contribution in [3.8, 4) is 6.07 Å². The van der Waals surface area contributed by atoms with Gasteiger partial charge in [0.15, 0.2) is 0 Å². The van der Waals surface area contributed by atoms with Crippen LogP contribution in [0, 0.1) is 11.3 Å². The third-order valence-electron chi connectivity index (χ3n) is 3.43. The van der Waals surface area contributed by atoms with Gasteiger partial charge in [0.25, 0.3) is 0 Å². The molecule has 1 N–H and O–H groups in total. The molecule has 18 heavy (non-hydrogen) atoms. The number of likely N-dealkylation sites (tertiary alicyclic amines) is 1. The molecule has 0 radical (unpaired) electrons. The fourth-order valence-electron chi connectivity index (χ4n) is 2.37. The summed E-state index contributed by atoms with van der Waals surface area (Å²) in [4.78, 5) is 2.47. The fraction of sp³-hybridized carbons (Fsp3) is 0.500. The average Bonchev–Trinajstić information content (AvgIpc) is 2.39. The molecule has 0 spiro atoms. The molecule has 0 atom stereocenters. The van der Waals surface area contributed by atoms with Gasteiger partial charge in [-0.3, -0.25) is 0 Å². The average molecular weight is 308 g/mol. The summed E-state index contributed by atoms with van der Waals surface area (Å²) in [5, 5.41) is 12.5. The number of hydrogen-bond acceptors (Lipinski definition) is 3. The maximum absolute atomic E-state index is 8.95. The van der Waals surface area contributed by atoms with Gasteiger partial charge in [-0.25, -0.2) is 0 Å². The number of hydrogen-bond donors (Lipinski definition) is 1. The summed E-state index contributed by atoms with van der Waals surface area (Å²) in [6.07, 6.45) is 2.34. The van der Waals surface area contributed by atoms with E-state index < -0.39 is 0 Å². The fourth-order valence-corrected chi connectivity index (χ4v) is 2.86. The van der Waals surface area contributed by atoms with Crippen LogP contribution in [-0.4, -0.2) is 30.6 Å². The van der Waals surface area contributed by atoms with Crippen LogP contribution in [0.4, 0.5) is 5.69 Å². The number of piperidine rings is 1. The van der Waals surface area contributed by atoms with Gasteiger partial charge in [0.2, 0.25) is 0 Å². The van der Waals surface area contributed by atoms with Gasteiger partial charge in [-0.15, -0.1) is 0 Å². The van der Waals surface area contributed by atoms with E-state index in [0.717, 1.165) is 29.8 Å². The topological polar surface area (TPSA) is 39.1 Å². The summed E-state index contributed by atoms with van der Waals surface area (Å²) in [7, 11) is 0. The minimum absolute atomic E-state index is 0.522. The Hall–Kier alpha value is -1.05. The Morgan fingerprint density at radius 2 is 2.11 bits per heavy atom. The number of nitriles is 1. The van der Waals surface area contributed by atoms with Gasteiger partial charge in [-0.05, 0) is 37.6 Å². The summed E-state index contributed by atoms with van der Waals surface area (Å²) in [5.41, 5.74) is 1.73. The van der Waals surface area contributed by atoms with Crippen LogP contribution in [0.2, 0.25) is 0 Å². The molecule has 1 aromatic carbocycles. The van der Waals surface area contributed by atoms with Crippen molar-refractivity contribution in [2.24, 2.45) is 0 Å². The maximum atomic E-state index is 8.95. The first-order valence-corrected chi connectivity index (χ1v) is 7.20. The van der Waals surface area contributed by atoms with Crippen LogP contribution in [0.1, 0.15) is 25.3 Å². The summed E-state index contributed by atoms with van der Waals surface area (Å²) >= 11 is 3.44. The molecule has 0 aliphatic carbocycles. The van der Waals surface area contributed by atoms with Gasteiger partial charge in [0, 0.05) is 29.3 Å². The quantitative estimate of drug-likeness (QED) is 0.932. The molecule has 0 amide bonds. The molecule has 0 saturated carbocycles. The Bertz CT molecular complexity index is 445. The molecule has 3 nitrogen and oxygen atoms in total. The Morgan fingerprint density at radius 3 is 2.72 bits per heavy atom. The molecule has 0 aromatic heterocycles. The maximum Gasteiger partial charge on any atom is 0.0992 e. The standard InChI is InChI=1S/C14H18BrN3/c1-2-18-5-3-13(4-6-18)17-14-8-11(10-16)7-12(15)9-14/h7-9,13,17H,2-6H2,1H3. The predicted octanol–water partition coefficient (Wildman–Crippen LogP) is 3.22. The van der Waals surface area contributed by atoms with Crippen LogP contribution in [0.25, 0.3) is 0 Å². The van der Waals surface area contributed by atoms with Gasteiger partial charge in [0.1, 0.15) is 0 Å². The number of nitrogens with zero attached hydrogens (tertiary/aromatic N) is 2. The first-order valence-electron chi connectivity index (χ1n) is 6.41. The largest absolute Gasteiger partial charge is 0.382 e.